The molecule has 0 radical (unpaired) electrons. The average molecular weight is 396 g/mol. The van der Waals surface area contributed by atoms with E-state index in [9.17, 15) is 13.6 Å². The Morgan fingerprint density at radius 1 is 1.10 bits per heavy atom. The van der Waals surface area contributed by atoms with Crippen LogP contribution < -0.4 is 0 Å². The van der Waals surface area contributed by atoms with Crippen molar-refractivity contribution in [3.8, 4) is 0 Å². The van der Waals surface area contributed by atoms with E-state index in [1.165, 1.54) is 17.7 Å². The molecule has 2 heterocycles. The number of aromatic amines is 1. The lowest BCUT2D eigenvalue weighted by Crippen LogP contribution is -2.37. The molecule has 0 atom stereocenters. The molecule has 0 bridgehead atoms. The molecule has 1 fully saturated rings. The molecule has 0 saturated carbocycles. The van der Waals surface area contributed by atoms with Crippen LogP contribution in [-0.4, -0.2) is 34.8 Å². The number of ketones is 1. The highest BCUT2D eigenvalue weighted by Gasteiger charge is 2.22. The van der Waals surface area contributed by atoms with Gasteiger partial charge in [0.15, 0.2) is 5.78 Å². The van der Waals surface area contributed by atoms with Crippen LogP contribution in [0.15, 0.2) is 42.5 Å². The summed E-state index contributed by atoms with van der Waals surface area (Å²) in [4.78, 5) is 18.3. The molecule has 1 saturated heterocycles. The van der Waals surface area contributed by atoms with Crippen molar-refractivity contribution in [2.75, 3.05) is 13.1 Å². The van der Waals surface area contributed by atoms with Crippen molar-refractivity contribution < 1.29 is 13.6 Å². The van der Waals surface area contributed by atoms with Gasteiger partial charge in [-0.2, -0.15) is 0 Å². The second kappa shape index (κ2) is 8.07. The van der Waals surface area contributed by atoms with E-state index in [4.69, 9.17) is 0 Å². The Morgan fingerprint density at radius 2 is 1.86 bits per heavy atom. The topological polar surface area (TPSA) is 36.1 Å². The zero-order valence-electron chi connectivity index (χ0n) is 16.8. The molecular formula is C24H26F2N2O. The number of carbonyl (C=O) groups excluding carboxylic acids is 1. The summed E-state index contributed by atoms with van der Waals surface area (Å²) in [5.74, 6) is -1.00. The summed E-state index contributed by atoms with van der Waals surface area (Å²) in [5, 5.41) is 0.997. The van der Waals surface area contributed by atoms with Crippen molar-refractivity contribution in [2.24, 2.45) is 0 Å². The van der Waals surface area contributed by atoms with Gasteiger partial charge in [0.05, 0.1) is 5.69 Å². The van der Waals surface area contributed by atoms with Crippen LogP contribution in [0.4, 0.5) is 8.78 Å². The quantitative estimate of drug-likeness (QED) is 0.582. The monoisotopic (exact) mass is 396 g/mol. The van der Waals surface area contributed by atoms with E-state index < -0.39 is 11.6 Å². The van der Waals surface area contributed by atoms with E-state index in [0.29, 0.717) is 17.7 Å². The summed E-state index contributed by atoms with van der Waals surface area (Å²) in [6, 6.07) is 12.1. The molecule has 3 aromatic rings. The zero-order valence-corrected chi connectivity index (χ0v) is 16.8. The number of likely N-dealkylation sites (tertiary alicyclic amines) is 1. The lowest BCUT2D eigenvalue weighted by atomic mass is 9.88. The highest BCUT2D eigenvalue weighted by atomic mass is 19.1. The summed E-state index contributed by atoms with van der Waals surface area (Å²) in [5.41, 5.74) is 2.86. The number of nitrogens with zero attached hydrogens (tertiary/aromatic N) is 1. The number of rotatable bonds is 5. The van der Waals surface area contributed by atoms with Crippen LogP contribution in [0.2, 0.25) is 0 Å². The fourth-order valence-corrected chi connectivity index (χ4v) is 4.24. The molecule has 3 nitrogen and oxygen atoms in total. The second-order valence-corrected chi connectivity index (χ2v) is 8.27. The Kier molecular flexibility index (Phi) is 5.50. The number of benzene rings is 2. The number of H-pyrrole nitrogens is 1. The minimum absolute atomic E-state index is 0.0978. The SMILES string of the molecule is CC(C)N1CCC(c2ccc3[nH]c(C(=O)Cc4ccc(F)cc4F)cc3c2)CC1. The van der Waals surface area contributed by atoms with Gasteiger partial charge in [-0.25, -0.2) is 8.78 Å². The summed E-state index contributed by atoms with van der Waals surface area (Å²) >= 11 is 0. The van der Waals surface area contributed by atoms with E-state index in [1.807, 2.05) is 12.1 Å². The molecule has 4 rings (SSSR count). The Labute approximate surface area is 169 Å². The Morgan fingerprint density at radius 3 is 2.55 bits per heavy atom. The van der Waals surface area contributed by atoms with Crippen LogP contribution in [0.25, 0.3) is 10.9 Å². The number of hydrogen-bond acceptors (Lipinski definition) is 2. The number of fused-ring (bicyclic) bond motifs is 1. The normalized spacial score (nSPS) is 16.0. The van der Waals surface area contributed by atoms with Gasteiger partial charge < -0.3 is 9.88 Å². The van der Waals surface area contributed by atoms with Gasteiger partial charge in [0, 0.05) is 29.4 Å². The summed E-state index contributed by atoms with van der Waals surface area (Å²) in [6.07, 6.45) is 2.19. The number of nitrogens with one attached hydrogen (secondary N) is 1. The maximum atomic E-state index is 13.9. The third kappa shape index (κ3) is 4.25. The van der Waals surface area contributed by atoms with Gasteiger partial charge in [-0.1, -0.05) is 12.1 Å². The van der Waals surface area contributed by atoms with Crippen molar-refractivity contribution in [3.05, 3.63) is 70.9 Å². The van der Waals surface area contributed by atoms with Crippen LogP contribution in [0.5, 0.6) is 0 Å². The minimum atomic E-state index is -0.690. The first-order chi connectivity index (χ1) is 13.9. The standard InChI is InChI=1S/C24H26F2N2O/c1-15(2)28-9-7-16(8-10-28)17-4-6-22-19(11-17)12-23(27-22)24(29)13-18-3-5-20(25)14-21(18)26/h3-6,11-12,14-16,27H,7-10,13H2,1-2H3. The molecule has 2 aromatic carbocycles. The number of aromatic nitrogens is 1. The van der Waals surface area contributed by atoms with E-state index in [-0.39, 0.29) is 17.8 Å². The highest BCUT2D eigenvalue weighted by molar-refractivity contribution is 6.00. The molecule has 1 aliphatic rings. The molecule has 1 aliphatic heterocycles. The van der Waals surface area contributed by atoms with Gasteiger partial charge in [-0.15, -0.1) is 0 Å². The molecule has 29 heavy (non-hydrogen) atoms. The average Bonchev–Trinajstić information content (AvgIpc) is 3.13. The molecule has 0 amide bonds. The zero-order chi connectivity index (χ0) is 20.5. The van der Waals surface area contributed by atoms with Crippen molar-refractivity contribution in [1.29, 1.82) is 0 Å². The smallest absolute Gasteiger partial charge is 0.183 e. The first-order valence-electron chi connectivity index (χ1n) is 10.2. The fourth-order valence-electron chi connectivity index (χ4n) is 4.24. The van der Waals surface area contributed by atoms with Crippen LogP contribution in [0, 0.1) is 11.6 Å². The van der Waals surface area contributed by atoms with E-state index in [1.54, 1.807) is 0 Å². The fraction of sp³-hybridized carbons (Fsp3) is 0.375. The first-order valence-corrected chi connectivity index (χ1v) is 10.2. The third-order valence-electron chi connectivity index (χ3n) is 6.04. The van der Waals surface area contributed by atoms with Crippen molar-refractivity contribution in [2.45, 2.75) is 45.1 Å². The third-order valence-corrected chi connectivity index (χ3v) is 6.04. The van der Waals surface area contributed by atoms with Gasteiger partial charge in [-0.3, -0.25) is 4.79 Å². The van der Waals surface area contributed by atoms with Crippen LogP contribution >= 0.6 is 0 Å². The lowest BCUT2D eigenvalue weighted by Gasteiger charge is -2.34. The summed E-state index contributed by atoms with van der Waals surface area (Å²) in [6.45, 7) is 6.70. The predicted octanol–water partition coefficient (Wildman–Crippen LogP) is 5.46. The van der Waals surface area contributed by atoms with Crippen LogP contribution in [0.1, 0.15) is 54.2 Å². The number of carbonyl (C=O) groups is 1. The lowest BCUT2D eigenvalue weighted by molar-refractivity contribution is 0.0988. The molecule has 5 heteroatoms. The Balaban J connectivity index is 1.50. The highest BCUT2D eigenvalue weighted by Crippen LogP contribution is 2.31. The number of halogens is 2. The minimum Gasteiger partial charge on any atom is -0.352 e. The number of hydrogen-bond donors (Lipinski definition) is 1. The second-order valence-electron chi connectivity index (χ2n) is 8.27. The summed E-state index contributed by atoms with van der Waals surface area (Å²) in [7, 11) is 0. The van der Waals surface area contributed by atoms with E-state index in [2.05, 4.69) is 35.9 Å². The Hall–Kier alpha value is -2.53. The Bertz CT molecular complexity index is 1030. The molecule has 0 aliphatic carbocycles. The van der Waals surface area contributed by atoms with Crippen molar-refractivity contribution >= 4 is 16.7 Å². The van der Waals surface area contributed by atoms with Crippen LogP contribution in [0.3, 0.4) is 0 Å². The van der Waals surface area contributed by atoms with Crippen molar-refractivity contribution in [1.82, 2.24) is 9.88 Å². The van der Waals surface area contributed by atoms with E-state index in [0.717, 1.165) is 42.9 Å². The summed E-state index contributed by atoms with van der Waals surface area (Å²) < 4.78 is 26.9. The molecule has 1 aromatic heterocycles. The van der Waals surface area contributed by atoms with Gasteiger partial charge in [0.25, 0.3) is 0 Å². The molecule has 1 N–H and O–H groups in total. The molecule has 0 spiro atoms. The molecule has 152 valence electrons. The first kappa shape index (κ1) is 19.8. The van der Waals surface area contributed by atoms with Crippen molar-refractivity contribution in [3.63, 3.8) is 0 Å². The van der Waals surface area contributed by atoms with Gasteiger partial charge in [-0.05, 0) is 81.1 Å². The van der Waals surface area contributed by atoms with Gasteiger partial charge >= 0.3 is 0 Å². The maximum absolute atomic E-state index is 13.9. The maximum Gasteiger partial charge on any atom is 0.183 e. The number of piperidine rings is 1. The van der Waals surface area contributed by atoms with Gasteiger partial charge in [0.2, 0.25) is 0 Å². The molecule has 0 unspecified atom stereocenters. The largest absolute Gasteiger partial charge is 0.352 e. The van der Waals surface area contributed by atoms with Crippen LogP contribution in [-0.2, 0) is 6.42 Å². The predicted molar refractivity (Wildman–Crippen MR) is 111 cm³/mol. The number of Topliss-reactive ketones (excluding diaryl/α,β-unsaturated/α-hetero) is 1. The molecular weight excluding hydrogens is 370 g/mol. The van der Waals surface area contributed by atoms with E-state index >= 15 is 0 Å². The van der Waals surface area contributed by atoms with Gasteiger partial charge in [0.1, 0.15) is 11.6 Å².